The van der Waals surface area contributed by atoms with Gasteiger partial charge >= 0.3 is 0 Å². The van der Waals surface area contributed by atoms with Crippen molar-refractivity contribution in [1.82, 2.24) is 4.90 Å². The molecule has 1 aliphatic heterocycles. The molecular formula is C11H21NO3. The smallest absolute Gasteiger partial charge is 0.254 e. The van der Waals surface area contributed by atoms with Crippen molar-refractivity contribution in [3.8, 4) is 0 Å². The molecule has 2 unspecified atom stereocenters. The van der Waals surface area contributed by atoms with Crippen LogP contribution in [0.4, 0.5) is 0 Å². The molecule has 0 bridgehead atoms. The largest absolute Gasteiger partial charge is 0.381 e. The predicted octanol–water partition coefficient (Wildman–Crippen LogP) is 0.783. The second-order valence-electron chi connectivity index (χ2n) is 4.72. The summed E-state index contributed by atoms with van der Waals surface area (Å²) in [7, 11) is 0. The fourth-order valence-electron chi connectivity index (χ4n) is 1.78. The van der Waals surface area contributed by atoms with Crippen LogP contribution in [0.1, 0.15) is 34.1 Å². The summed E-state index contributed by atoms with van der Waals surface area (Å²) in [5, 5.41) is 9.71. The highest BCUT2D eigenvalue weighted by molar-refractivity contribution is 5.84. The van der Waals surface area contributed by atoms with Gasteiger partial charge in [-0.15, -0.1) is 0 Å². The van der Waals surface area contributed by atoms with E-state index < -0.39 is 5.60 Å². The molecule has 0 aliphatic carbocycles. The molecule has 0 radical (unpaired) electrons. The maximum Gasteiger partial charge on any atom is 0.254 e. The standard InChI is InChI=1S/C11H21NO3/c1-5-9-7-15-8(2)6-12(9)10(13)11(3,4)14/h8-9,14H,5-7H2,1-4H3. The minimum absolute atomic E-state index is 0.0547. The van der Waals surface area contributed by atoms with Crippen molar-refractivity contribution in [1.29, 1.82) is 0 Å². The minimum atomic E-state index is -1.29. The van der Waals surface area contributed by atoms with Crippen molar-refractivity contribution in [2.24, 2.45) is 0 Å². The van der Waals surface area contributed by atoms with Gasteiger partial charge in [0.2, 0.25) is 0 Å². The van der Waals surface area contributed by atoms with Gasteiger partial charge in [0.05, 0.1) is 18.8 Å². The van der Waals surface area contributed by atoms with Crippen LogP contribution in [0.25, 0.3) is 0 Å². The third kappa shape index (κ3) is 2.92. The van der Waals surface area contributed by atoms with Gasteiger partial charge in [-0.1, -0.05) is 6.92 Å². The van der Waals surface area contributed by atoms with E-state index in [1.165, 1.54) is 13.8 Å². The van der Waals surface area contributed by atoms with E-state index in [1.54, 1.807) is 4.90 Å². The lowest BCUT2D eigenvalue weighted by Gasteiger charge is -2.40. The number of amides is 1. The summed E-state index contributed by atoms with van der Waals surface area (Å²) in [6.07, 6.45) is 0.910. The Labute approximate surface area is 91.2 Å². The first-order valence-corrected chi connectivity index (χ1v) is 5.51. The van der Waals surface area contributed by atoms with Crippen molar-refractivity contribution in [3.05, 3.63) is 0 Å². The van der Waals surface area contributed by atoms with E-state index in [2.05, 4.69) is 0 Å². The summed E-state index contributed by atoms with van der Waals surface area (Å²) in [5.41, 5.74) is -1.29. The fourth-order valence-corrected chi connectivity index (χ4v) is 1.78. The van der Waals surface area contributed by atoms with E-state index in [1.807, 2.05) is 13.8 Å². The predicted molar refractivity (Wildman–Crippen MR) is 57.5 cm³/mol. The third-order valence-corrected chi connectivity index (χ3v) is 2.72. The first-order valence-electron chi connectivity index (χ1n) is 5.51. The molecule has 0 aromatic heterocycles. The van der Waals surface area contributed by atoms with E-state index in [0.29, 0.717) is 13.2 Å². The van der Waals surface area contributed by atoms with Crippen LogP contribution >= 0.6 is 0 Å². The molecule has 0 aromatic rings. The van der Waals surface area contributed by atoms with Crippen LogP contribution in [-0.2, 0) is 9.53 Å². The zero-order valence-electron chi connectivity index (χ0n) is 9.99. The number of rotatable bonds is 2. The molecule has 1 fully saturated rings. The topological polar surface area (TPSA) is 49.8 Å². The first-order chi connectivity index (χ1) is 6.86. The Hall–Kier alpha value is -0.610. The molecule has 0 spiro atoms. The van der Waals surface area contributed by atoms with Gasteiger partial charge in [0.1, 0.15) is 5.60 Å². The Morgan fingerprint density at radius 3 is 2.67 bits per heavy atom. The first kappa shape index (κ1) is 12.5. The van der Waals surface area contributed by atoms with Gasteiger partial charge < -0.3 is 14.7 Å². The second kappa shape index (κ2) is 4.49. The normalized spacial score (nSPS) is 27.9. The van der Waals surface area contributed by atoms with Crippen LogP contribution in [0.2, 0.25) is 0 Å². The van der Waals surface area contributed by atoms with E-state index in [0.717, 1.165) is 6.42 Å². The summed E-state index contributed by atoms with van der Waals surface area (Å²) in [6, 6.07) is 0.0973. The Bertz CT molecular complexity index is 234. The molecule has 4 nitrogen and oxygen atoms in total. The summed E-state index contributed by atoms with van der Waals surface area (Å²) in [6.45, 7) is 8.16. The molecule has 15 heavy (non-hydrogen) atoms. The van der Waals surface area contributed by atoms with Gasteiger partial charge in [-0.2, -0.15) is 0 Å². The Kier molecular flexibility index (Phi) is 3.73. The van der Waals surface area contributed by atoms with Gasteiger partial charge in [-0.05, 0) is 27.2 Å². The van der Waals surface area contributed by atoms with Crippen molar-refractivity contribution >= 4 is 5.91 Å². The monoisotopic (exact) mass is 215 g/mol. The zero-order valence-corrected chi connectivity index (χ0v) is 9.99. The molecule has 88 valence electrons. The van der Waals surface area contributed by atoms with E-state index in [-0.39, 0.29) is 18.1 Å². The van der Waals surface area contributed by atoms with Crippen LogP contribution in [-0.4, -0.2) is 46.8 Å². The van der Waals surface area contributed by atoms with Crippen LogP contribution < -0.4 is 0 Å². The highest BCUT2D eigenvalue weighted by Gasteiger charge is 2.36. The molecule has 1 aliphatic rings. The number of ether oxygens (including phenoxy) is 1. The lowest BCUT2D eigenvalue weighted by Crippen LogP contribution is -2.56. The van der Waals surface area contributed by atoms with Gasteiger partial charge in [-0.25, -0.2) is 0 Å². The highest BCUT2D eigenvalue weighted by atomic mass is 16.5. The number of nitrogens with zero attached hydrogens (tertiary/aromatic N) is 1. The lowest BCUT2D eigenvalue weighted by atomic mass is 10.0. The number of carbonyl (C=O) groups is 1. The van der Waals surface area contributed by atoms with Crippen molar-refractivity contribution < 1.29 is 14.6 Å². The number of hydrogen-bond acceptors (Lipinski definition) is 3. The summed E-state index contributed by atoms with van der Waals surface area (Å²) >= 11 is 0. The van der Waals surface area contributed by atoms with Crippen LogP contribution in [0, 0.1) is 0 Å². The van der Waals surface area contributed by atoms with E-state index >= 15 is 0 Å². The molecule has 4 heteroatoms. The van der Waals surface area contributed by atoms with Gasteiger partial charge in [0.25, 0.3) is 5.91 Å². The maximum atomic E-state index is 12.0. The van der Waals surface area contributed by atoms with Crippen molar-refractivity contribution in [2.45, 2.75) is 51.9 Å². The molecule has 1 rings (SSSR count). The van der Waals surface area contributed by atoms with Gasteiger partial charge in [-0.3, -0.25) is 4.79 Å². The van der Waals surface area contributed by atoms with Gasteiger partial charge in [0, 0.05) is 6.54 Å². The number of aliphatic hydroxyl groups is 1. The Morgan fingerprint density at radius 2 is 2.20 bits per heavy atom. The summed E-state index contributed by atoms with van der Waals surface area (Å²) < 4.78 is 5.50. The Morgan fingerprint density at radius 1 is 1.60 bits per heavy atom. The minimum Gasteiger partial charge on any atom is -0.381 e. The number of hydrogen-bond donors (Lipinski definition) is 1. The molecule has 0 saturated carbocycles. The molecule has 1 heterocycles. The van der Waals surface area contributed by atoms with Crippen LogP contribution in [0.5, 0.6) is 0 Å². The van der Waals surface area contributed by atoms with Crippen LogP contribution in [0.15, 0.2) is 0 Å². The summed E-state index contributed by atoms with van der Waals surface area (Å²) in [4.78, 5) is 13.7. The quantitative estimate of drug-likeness (QED) is 0.740. The van der Waals surface area contributed by atoms with E-state index in [4.69, 9.17) is 4.74 Å². The second-order valence-corrected chi connectivity index (χ2v) is 4.72. The Balaban J connectivity index is 2.75. The molecular weight excluding hydrogens is 194 g/mol. The molecule has 1 saturated heterocycles. The number of morpholine rings is 1. The maximum absolute atomic E-state index is 12.0. The lowest BCUT2D eigenvalue weighted by molar-refractivity contribution is -0.160. The average Bonchev–Trinajstić information content (AvgIpc) is 2.15. The van der Waals surface area contributed by atoms with Crippen LogP contribution in [0.3, 0.4) is 0 Å². The number of carbonyl (C=O) groups excluding carboxylic acids is 1. The third-order valence-electron chi connectivity index (χ3n) is 2.72. The molecule has 0 aromatic carbocycles. The molecule has 1 amide bonds. The molecule has 1 N–H and O–H groups in total. The van der Waals surface area contributed by atoms with Crippen molar-refractivity contribution in [3.63, 3.8) is 0 Å². The van der Waals surface area contributed by atoms with E-state index in [9.17, 15) is 9.90 Å². The molecule has 2 atom stereocenters. The zero-order chi connectivity index (χ0) is 11.6. The van der Waals surface area contributed by atoms with Gasteiger partial charge in [0.15, 0.2) is 0 Å². The SMILES string of the molecule is CCC1COC(C)CN1C(=O)C(C)(C)O. The van der Waals surface area contributed by atoms with Crippen molar-refractivity contribution in [2.75, 3.05) is 13.2 Å². The fraction of sp³-hybridized carbons (Fsp3) is 0.909. The average molecular weight is 215 g/mol. The highest BCUT2D eigenvalue weighted by Crippen LogP contribution is 2.18. The summed E-state index contributed by atoms with van der Waals surface area (Å²) in [5.74, 6) is -0.204.